The maximum Gasteiger partial charge on any atom is 0.227 e. The Morgan fingerprint density at radius 2 is 1.77 bits per heavy atom. The van der Waals surface area contributed by atoms with Crippen LogP contribution in [0.4, 0.5) is 17.5 Å². The number of aromatic nitrogens is 2. The van der Waals surface area contributed by atoms with Gasteiger partial charge in [0.05, 0.1) is 0 Å². The molecule has 0 amide bonds. The van der Waals surface area contributed by atoms with Crippen molar-refractivity contribution in [2.24, 2.45) is 0 Å². The standard InChI is InChI=1S/C18H26N4/c1-6-15-11-9-10-13(4)17(15)20-16-12-14(5)19-18(21-16)22(7-2)8-3/h9-12H,6-8H2,1-5H3,(H,19,20,21). The number of nitrogens with one attached hydrogen (secondary N) is 1. The summed E-state index contributed by atoms with van der Waals surface area (Å²) in [4.78, 5) is 11.4. The fraction of sp³-hybridized carbons (Fsp3) is 0.444. The van der Waals surface area contributed by atoms with Crippen molar-refractivity contribution in [3.63, 3.8) is 0 Å². The third kappa shape index (κ3) is 3.56. The monoisotopic (exact) mass is 298 g/mol. The molecule has 1 aromatic carbocycles. The molecule has 0 atom stereocenters. The Labute approximate surface area is 133 Å². The Balaban J connectivity index is 2.38. The smallest absolute Gasteiger partial charge is 0.227 e. The van der Waals surface area contributed by atoms with Crippen LogP contribution >= 0.6 is 0 Å². The van der Waals surface area contributed by atoms with E-state index in [-0.39, 0.29) is 0 Å². The molecule has 1 N–H and O–H groups in total. The average Bonchev–Trinajstić information content (AvgIpc) is 2.50. The van der Waals surface area contributed by atoms with Gasteiger partial charge in [0.15, 0.2) is 0 Å². The molecule has 4 heteroatoms. The molecule has 0 aliphatic carbocycles. The van der Waals surface area contributed by atoms with Crippen molar-refractivity contribution in [3.05, 3.63) is 41.1 Å². The van der Waals surface area contributed by atoms with Crippen LogP contribution in [0.2, 0.25) is 0 Å². The number of hydrogen-bond donors (Lipinski definition) is 1. The predicted molar refractivity (Wildman–Crippen MR) is 94.2 cm³/mol. The number of rotatable bonds is 6. The van der Waals surface area contributed by atoms with Gasteiger partial charge in [-0.2, -0.15) is 4.98 Å². The van der Waals surface area contributed by atoms with Crippen LogP contribution in [0.5, 0.6) is 0 Å². The maximum absolute atomic E-state index is 4.69. The molecule has 0 radical (unpaired) electrons. The first-order valence-electron chi connectivity index (χ1n) is 8.05. The van der Waals surface area contributed by atoms with Crippen LogP contribution < -0.4 is 10.2 Å². The topological polar surface area (TPSA) is 41.1 Å². The third-order valence-electron chi connectivity index (χ3n) is 3.88. The second-order valence-electron chi connectivity index (χ2n) is 5.45. The summed E-state index contributed by atoms with van der Waals surface area (Å²) in [5.41, 5.74) is 4.68. The summed E-state index contributed by atoms with van der Waals surface area (Å²) in [5, 5.41) is 3.50. The molecule has 2 rings (SSSR count). The molecule has 0 saturated heterocycles. The zero-order valence-corrected chi connectivity index (χ0v) is 14.3. The molecule has 4 nitrogen and oxygen atoms in total. The fourth-order valence-electron chi connectivity index (χ4n) is 2.59. The first kappa shape index (κ1) is 16.3. The SMILES string of the molecule is CCc1cccc(C)c1Nc1cc(C)nc(N(CC)CC)n1. The van der Waals surface area contributed by atoms with Gasteiger partial charge in [0, 0.05) is 30.5 Å². The minimum Gasteiger partial charge on any atom is -0.341 e. The minimum absolute atomic E-state index is 0.791. The summed E-state index contributed by atoms with van der Waals surface area (Å²) in [6, 6.07) is 8.39. The van der Waals surface area contributed by atoms with Gasteiger partial charge in [-0.1, -0.05) is 25.1 Å². The van der Waals surface area contributed by atoms with E-state index in [1.165, 1.54) is 11.1 Å². The highest BCUT2D eigenvalue weighted by Crippen LogP contribution is 2.25. The zero-order valence-electron chi connectivity index (χ0n) is 14.3. The first-order chi connectivity index (χ1) is 10.6. The van der Waals surface area contributed by atoms with Crippen molar-refractivity contribution in [1.82, 2.24) is 9.97 Å². The second-order valence-corrected chi connectivity index (χ2v) is 5.45. The molecule has 2 aromatic rings. The molecule has 118 valence electrons. The summed E-state index contributed by atoms with van der Waals surface area (Å²) >= 11 is 0. The lowest BCUT2D eigenvalue weighted by atomic mass is 10.1. The molecule has 22 heavy (non-hydrogen) atoms. The molecular weight excluding hydrogens is 272 g/mol. The number of anilines is 3. The van der Waals surface area contributed by atoms with Gasteiger partial charge in [0.2, 0.25) is 5.95 Å². The van der Waals surface area contributed by atoms with Gasteiger partial charge in [-0.15, -0.1) is 0 Å². The van der Waals surface area contributed by atoms with Crippen LogP contribution in [0.15, 0.2) is 24.3 Å². The van der Waals surface area contributed by atoms with Crippen LogP contribution in [-0.2, 0) is 6.42 Å². The van der Waals surface area contributed by atoms with Gasteiger partial charge in [0.1, 0.15) is 5.82 Å². The lowest BCUT2D eigenvalue weighted by Crippen LogP contribution is -2.24. The van der Waals surface area contributed by atoms with Crippen LogP contribution in [0.25, 0.3) is 0 Å². The molecule has 1 aromatic heterocycles. The lowest BCUT2D eigenvalue weighted by Gasteiger charge is -2.20. The van der Waals surface area contributed by atoms with E-state index >= 15 is 0 Å². The summed E-state index contributed by atoms with van der Waals surface area (Å²) in [6.45, 7) is 12.4. The number of aryl methyl sites for hydroxylation is 3. The van der Waals surface area contributed by atoms with Gasteiger partial charge in [-0.25, -0.2) is 4.98 Å². The summed E-state index contributed by atoms with van der Waals surface area (Å²) in [7, 11) is 0. The fourth-order valence-corrected chi connectivity index (χ4v) is 2.59. The Morgan fingerprint density at radius 1 is 1.05 bits per heavy atom. The van der Waals surface area contributed by atoms with Crippen LogP contribution in [0.3, 0.4) is 0 Å². The molecule has 0 bridgehead atoms. The van der Waals surface area contributed by atoms with E-state index in [1.54, 1.807) is 0 Å². The summed E-state index contributed by atoms with van der Waals surface area (Å²) in [5.74, 6) is 1.65. The van der Waals surface area contributed by atoms with E-state index in [0.717, 1.165) is 42.7 Å². The van der Waals surface area contributed by atoms with E-state index in [1.807, 2.05) is 13.0 Å². The van der Waals surface area contributed by atoms with Gasteiger partial charge in [-0.05, 0) is 45.2 Å². The van der Waals surface area contributed by atoms with Gasteiger partial charge in [0.25, 0.3) is 0 Å². The number of hydrogen-bond acceptors (Lipinski definition) is 4. The molecule has 0 fully saturated rings. The van der Waals surface area contributed by atoms with Gasteiger partial charge < -0.3 is 10.2 Å². The van der Waals surface area contributed by atoms with Gasteiger partial charge >= 0.3 is 0 Å². The lowest BCUT2D eigenvalue weighted by molar-refractivity contribution is 0.817. The number of benzene rings is 1. The maximum atomic E-state index is 4.69. The van der Waals surface area contributed by atoms with E-state index in [2.05, 4.69) is 61.1 Å². The van der Waals surface area contributed by atoms with Crippen molar-refractivity contribution < 1.29 is 0 Å². The highest BCUT2D eigenvalue weighted by Gasteiger charge is 2.10. The van der Waals surface area contributed by atoms with Crippen LogP contribution in [-0.4, -0.2) is 23.1 Å². The molecule has 0 spiro atoms. The minimum atomic E-state index is 0.791. The zero-order chi connectivity index (χ0) is 16.1. The summed E-state index contributed by atoms with van der Waals surface area (Å²) < 4.78 is 0. The third-order valence-corrected chi connectivity index (χ3v) is 3.88. The normalized spacial score (nSPS) is 10.6. The van der Waals surface area contributed by atoms with Crippen molar-refractivity contribution in [3.8, 4) is 0 Å². The molecule has 0 aliphatic rings. The molecule has 0 saturated carbocycles. The van der Waals surface area contributed by atoms with Crippen LogP contribution in [0.1, 0.15) is 37.6 Å². The Hall–Kier alpha value is -2.10. The molecular formula is C18H26N4. The number of para-hydroxylation sites is 1. The first-order valence-corrected chi connectivity index (χ1v) is 8.05. The number of nitrogens with zero attached hydrogens (tertiary/aromatic N) is 3. The average molecular weight is 298 g/mol. The van der Waals surface area contributed by atoms with E-state index in [4.69, 9.17) is 4.98 Å². The van der Waals surface area contributed by atoms with E-state index in [0.29, 0.717) is 0 Å². The highest BCUT2D eigenvalue weighted by molar-refractivity contribution is 5.65. The van der Waals surface area contributed by atoms with E-state index in [9.17, 15) is 0 Å². The summed E-state index contributed by atoms with van der Waals surface area (Å²) in [6.07, 6.45) is 0.997. The highest BCUT2D eigenvalue weighted by atomic mass is 15.3. The Kier molecular flexibility index (Phi) is 5.36. The van der Waals surface area contributed by atoms with Crippen molar-refractivity contribution in [2.45, 2.75) is 41.0 Å². The Morgan fingerprint density at radius 3 is 2.41 bits per heavy atom. The quantitative estimate of drug-likeness (QED) is 0.865. The molecule has 0 aliphatic heterocycles. The van der Waals surface area contributed by atoms with Crippen molar-refractivity contribution >= 4 is 17.5 Å². The second kappa shape index (κ2) is 7.25. The Bertz CT molecular complexity index is 633. The largest absolute Gasteiger partial charge is 0.341 e. The molecule has 0 unspecified atom stereocenters. The van der Waals surface area contributed by atoms with Crippen molar-refractivity contribution in [2.75, 3.05) is 23.3 Å². The molecule has 1 heterocycles. The van der Waals surface area contributed by atoms with Crippen molar-refractivity contribution in [1.29, 1.82) is 0 Å². The van der Waals surface area contributed by atoms with Gasteiger partial charge in [-0.3, -0.25) is 0 Å². The predicted octanol–water partition coefficient (Wildman–Crippen LogP) is 4.25. The van der Waals surface area contributed by atoms with Crippen LogP contribution in [0, 0.1) is 13.8 Å². The van der Waals surface area contributed by atoms with E-state index < -0.39 is 0 Å².